The number of para-hydroxylation sites is 1. The van der Waals surface area contributed by atoms with Crippen molar-refractivity contribution in [2.24, 2.45) is 0 Å². The lowest BCUT2D eigenvalue weighted by Gasteiger charge is -2.04. The summed E-state index contributed by atoms with van der Waals surface area (Å²) >= 11 is 1.31. The van der Waals surface area contributed by atoms with E-state index in [1.807, 2.05) is 48.5 Å². The third-order valence-electron chi connectivity index (χ3n) is 3.64. The van der Waals surface area contributed by atoms with Crippen molar-refractivity contribution >= 4 is 28.1 Å². The van der Waals surface area contributed by atoms with Crippen LogP contribution in [0.1, 0.15) is 15.2 Å². The number of benzene rings is 2. The Hall–Kier alpha value is -3.06. The van der Waals surface area contributed by atoms with Crippen molar-refractivity contribution in [3.63, 3.8) is 0 Å². The van der Waals surface area contributed by atoms with Gasteiger partial charge in [-0.3, -0.25) is 4.79 Å². The van der Waals surface area contributed by atoms with Gasteiger partial charge in [-0.1, -0.05) is 35.6 Å². The molecular weight excluding hydrogens is 338 g/mol. The predicted octanol–water partition coefficient (Wildman–Crippen LogP) is 3.74. The van der Waals surface area contributed by atoms with E-state index in [-0.39, 0.29) is 12.7 Å². The summed E-state index contributed by atoms with van der Waals surface area (Å²) < 4.78 is 10.7. The molecule has 0 aliphatic carbocycles. The van der Waals surface area contributed by atoms with Crippen molar-refractivity contribution in [2.75, 3.05) is 17.4 Å². The van der Waals surface area contributed by atoms with Gasteiger partial charge in [0.25, 0.3) is 5.91 Å². The minimum Gasteiger partial charge on any atom is -0.454 e. The van der Waals surface area contributed by atoms with E-state index < -0.39 is 0 Å². The fourth-order valence-electron chi connectivity index (χ4n) is 2.40. The van der Waals surface area contributed by atoms with Gasteiger partial charge < -0.3 is 20.1 Å². The van der Waals surface area contributed by atoms with Gasteiger partial charge in [0.15, 0.2) is 16.6 Å². The molecule has 4 rings (SSSR count). The van der Waals surface area contributed by atoms with Crippen LogP contribution in [0.15, 0.2) is 54.7 Å². The normalized spacial score (nSPS) is 12.0. The minimum absolute atomic E-state index is 0.167. The van der Waals surface area contributed by atoms with Gasteiger partial charge in [-0.2, -0.15) is 0 Å². The van der Waals surface area contributed by atoms with Gasteiger partial charge in [-0.05, 0) is 29.8 Å². The number of hydrogen-bond donors (Lipinski definition) is 2. The zero-order chi connectivity index (χ0) is 17.1. The monoisotopic (exact) mass is 353 g/mol. The molecule has 1 amide bonds. The first-order valence-corrected chi connectivity index (χ1v) is 8.54. The van der Waals surface area contributed by atoms with E-state index in [9.17, 15) is 4.79 Å². The molecule has 3 aromatic rings. The van der Waals surface area contributed by atoms with Gasteiger partial charge in [0.1, 0.15) is 4.88 Å². The molecule has 2 N–H and O–H groups in total. The molecule has 0 spiro atoms. The first-order chi connectivity index (χ1) is 12.3. The highest BCUT2D eigenvalue weighted by atomic mass is 32.1. The molecule has 0 bridgehead atoms. The lowest BCUT2D eigenvalue weighted by Crippen LogP contribution is -2.09. The van der Waals surface area contributed by atoms with Crippen molar-refractivity contribution in [1.29, 1.82) is 0 Å². The van der Waals surface area contributed by atoms with E-state index in [0.29, 0.717) is 16.6 Å². The summed E-state index contributed by atoms with van der Waals surface area (Å²) in [6.07, 6.45) is 1.57. The molecule has 25 heavy (non-hydrogen) atoms. The standard InChI is InChI=1S/C18H15N3O3S/c22-17(21-13-4-2-1-3-5-13)16-10-20-18(25-16)19-9-12-6-7-14-15(8-12)24-11-23-14/h1-8,10H,9,11H2,(H,19,20)(H,21,22). The van der Waals surface area contributed by atoms with Crippen LogP contribution in [0.5, 0.6) is 11.5 Å². The Balaban J connectivity index is 1.37. The van der Waals surface area contributed by atoms with Crippen LogP contribution in [0, 0.1) is 0 Å². The molecule has 1 aromatic heterocycles. The maximum atomic E-state index is 12.2. The predicted molar refractivity (Wildman–Crippen MR) is 96.4 cm³/mol. The molecule has 126 valence electrons. The van der Waals surface area contributed by atoms with Crippen LogP contribution in [0.3, 0.4) is 0 Å². The third kappa shape index (κ3) is 3.56. The van der Waals surface area contributed by atoms with Crippen molar-refractivity contribution in [2.45, 2.75) is 6.54 Å². The maximum Gasteiger partial charge on any atom is 0.267 e. The van der Waals surface area contributed by atoms with Crippen LogP contribution in [0.25, 0.3) is 0 Å². The molecule has 2 aromatic carbocycles. The second kappa shape index (κ2) is 6.82. The number of anilines is 2. The highest BCUT2D eigenvalue weighted by Gasteiger charge is 2.14. The number of thiazole rings is 1. The van der Waals surface area contributed by atoms with E-state index in [2.05, 4.69) is 15.6 Å². The molecule has 0 saturated carbocycles. The number of aromatic nitrogens is 1. The Kier molecular flexibility index (Phi) is 4.22. The van der Waals surface area contributed by atoms with Gasteiger partial charge >= 0.3 is 0 Å². The van der Waals surface area contributed by atoms with Crippen LogP contribution >= 0.6 is 11.3 Å². The van der Waals surface area contributed by atoms with E-state index in [0.717, 1.165) is 22.7 Å². The summed E-state index contributed by atoms with van der Waals surface area (Å²) in [7, 11) is 0. The Labute approximate surface area is 148 Å². The number of nitrogens with zero attached hydrogens (tertiary/aromatic N) is 1. The number of nitrogens with one attached hydrogen (secondary N) is 2. The van der Waals surface area contributed by atoms with E-state index >= 15 is 0 Å². The van der Waals surface area contributed by atoms with Gasteiger partial charge in [-0.25, -0.2) is 4.98 Å². The number of hydrogen-bond acceptors (Lipinski definition) is 6. The van der Waals surface area contributed by atoms with Crippen molar-refractivity contribution in [1.82, 2.24) is 4.98 Å². The molecule has 0 fully saturated rings. The quantitative estimate of drug-likeness (QED) is 0.731. The first kappa shape index (κ1) is 15.5. The van der Waals surface area contributed by atoms with E-state index in [1.54, 1.807) is 6.20 Å². The Morgan fingerprint density at radius 2 is 1.96 bits per heavy atom. The summed E-state index contributed by atoms with van der Waals surface area (Å²) in [6, 6.07) is 15.1. The maximum absolute atomic E-state index is 12.2. The minimum atomic E-state index is -0.167. The average Bonchev–Trinajstić information content (AvgIpc) is 3.29. The Morgan fingerprint density at radius 1 is 1.12 bits per heavy atom. The number of fused-ring (bicyclic) bond motifs is 1. The van der Waals surface area contributed by atoms with Crippen molar-refractivity contribution in [3.05, 3.63) is 65.2 Å². The van der Waals surface area contributed by atoms with Gasteiger partial charge in [0, 0.05) is 12.2 Å². The van der Waals surface area contributed by atoms with Crippen LogP contribution in [-0.2, 0) is 6.54 Å². The number of carbonyl (C=O) groups excluding carboxylic acids is 1. The van der Waals surface area contributed by atoms with Crippen molar-refractivity contribution < 1.29 is 14.3 Å². The zero-order valence-electron chi connectivity index (χ0n) is 13.2. The van der Waals surface area contributed by atoms with Gasteiger partial charge in [-0.15, -0.1) is 0 Å². The lowest BCUT2D eigenvalue weighted by molar-refractivity contribution is 0.103. The number of carbonyl (C=O) groups is 1. The summed E-state index contributed by atoms with van der Waals surface area (Å²) in [5, 5.41) is 6.76. The fourth-order valence-corrected chi connectivity index (χ4v) is 3.11. The number of ether oxygens (including phenoxy) is 2. The summed E-state index contributed by atoms with van der Waals surface area (Å²) in [5.74, 6) is 1.35. The summed E-state index contributed by atoms with van der Waals surface area (Å²) in [5.41, 5.74) is 1.81. The number of rotatable bonds is 5. The smallest absolute Gasteiger partial charge is 0.267 e. The Bertz CT molecular complexity index is 896. The second-order valence-corrected chi connectivity index (χ2v) is 6.42. The molecule has 0 saturated heterocycles. The van der Waals surface area contributed by atoms with Crippen LogP contribution in [0.2, 0.25) is 0 Å². The molecule has 7 heteroatoms. The highest BCUT2D eigenvalue weighted by molar-refractivity contribution is 7.17. The third-order valence-corrected chi connectivity index (χ3v) is 4.60. The van der Waals surface area contributed by atoms with E-state index in [1.165, 1.54) is 11.3 Å². The van der Waals surface area contributed by atoms with Crippen LogP contribution < -0.4 is 20.1 Å². The summed E-state index contributed by atoms with van der Waals surface area (Å²) in [4.78, 5) is 17.0. The number of amides is 1. The molecule has 6 nitrogen and oxygen atoms in total. The topological polar surface area (TPSA) is 72.5 Å². The van der Waals surface area contributed by atoms with Crippen LogP contribution in [0.4, 0.5) is 10.8 Å². The zero-order valence-corrected chi connectivity index (χ0v) is 14.0. The highest BCUT2D eigenvalue weighted by Crippen LogP contribution is 2.32. The molecule has 2 heterocycles. The van der Waals surface area contributed by atoms with Gasteiger partial charge in [0.05, 0.1) is 6.20 Å². The largest absolute Gasteiger partial charge is 0.454 e. The fraction of sp³-hybridized carbons (Fsp3) is 0.111. The average molecular weight is 353 g/mol. The lowest BCUT2D eigenvalue weighted by atomic mass is 10.2. The Morgan fingerprint density at radius 3 is 2.84 bits per heavy atom. The molecule has 1 aliphatic rings. The van der Waals surface area contributed by atoms with Crippen LogP contribution in [-0.4, -0.2) is 17.7 Å². The summed E-state index contributed by atoms with van der Waals surface area (Å²) in [6.45, 7) is 0.850. The SMILES string of the molecule is O=C(Nc1ccccc1)c1cnc(NCc2ccc3c(c2)OCO3)s1. The second-order valence-electron chi connectivity index (χ2n) is 5.39. The molecule has 1 aliphatic heterocycles. The van der Waals surface area contributed by atoms with E-state index in [4.69, 9.17) is 9.47 Å². The molecular formula is C18H15N3O3S. The molecule has 0 atom stereocenters. The molecule has 0 unspecified atom stereocenters. The van der Waals surface area contributed by atoms with Gasteiger partial charge in [0.2, 0.25) is 6.79 Å². The van der Waals surface area contributed by atoms with Crippen molar-refractivity contribution in [3.8, 4) is 11.5 Å². The first-order valence-electron chi connectivity index (χ1n) is 7.72. The molecule has 0 radical (unpaired) electrons.